The van der Waals surface area contributed by atoms with Crippen LogP contribution < -0.4 is 0 Å². The SMILES string of the molecule is O=C(O)N(Cc1nc2ccccc2s1)CC1CC1. The van der Waals surface area contributed by atoms with Crippen molar-refractivity contribution in [3.63, 3.8) is 0 Å². The van der Waals surface area contributed by atoms with E-state index in [1.54, 1.807) is 11.3 Å². The van der Waals surface area contributed by atoms with E-state index in [-0.39, 0.29) is 0 Å². The summed E-state index contributed by atoms with van der Waals surface area (Å²) in [5, 5.41) is 10.1. The summed E-state index contributed by atoms with van der Waals surface area (Å²) in [6, 6.07) is 7.90. The molecule has 18 heavy (non-hydrogen) atoms. The fourth-order valence-corrected chi connectivity index (χ4v) is 2.96. The number of carbonyl (C=O) groups is 1. The van der Waals surface area contributed by atoms with Crippen molar-refractivity contribution in [1.82, 2.24) is 9.88 Å². The maximum Gasteiger partial charge on any atom is 0.407 e. The maximum absolute atomic E-state index is 11.2. The number of benzene rings is 1. The van der Waals surface area contributed by atoms with E-state index in [9.17, 15) is 9.90 Å². The Bertz CT molecular complexity index is 544. The van der Waals surface area contributed by atoms with E-state index in [0.29, 0.717) is 19.0 Å². The maximum atomic E-state index is 11.2. The first-order valence-corrected chi connectivity index (χ1v) is 6.86. The van der Waals surface area contributed by atoms with Crippen LogP contribution in [0, 0.1) is 5.92 Å². The molecule has 94 valence electrons. The largest absolute Gasteiger partial charge is 0.465 e. The Morgan fingerprint density at radius 3 is 2.89 bits per heavy atom. The Morgan fingerprint density at radius 1 is 1.44 bits per heavy atom. The van der Waals surface area contributed by atoms with Gasteiger partial charge in [-0.1, -0.05) is 12.1 Å². The van der Waals surface area contributed by atoms with Gasteiger partial charge in [0.1, 0.15) is 5.01 Å². The second-order valence-electron chi connectivity index (χ2n) is 4.68. The molecule has 4 nitrogen and oxygen atoms in total. The average Bonchev–Trinajstić information content (AvgIpc) is 3.06. The second-order valence-corrected chi connectivity index (χ2v) is 5.80. The van der Waals surface area contributed by atoms with Gasteiger partial charge < -0.3 is 10.0 Å². The fraction of sp³-hybridized carbons (Fsp3) is 0.385. The van der Waals surface area contributed by atoms with Gasteiger partial charge in [-0.05, 0) is 30.9 Å². The van der Waals surface area contributed by atoms with Gasteiger partial charge in [0.05, 0.1) is 16.8 Å². The van der Waals surface area contributed by atoms with E-state index in [2.05, 4.69) is 4.98 Å². The van der Waals surface area contributed by atoms with Gasteiger partial charge in [0, 0.05) is 6.54 Å². The molecule has 0 unspecified atom stereocenters. The summed E-state index contributed by atoms with van der Waals surface area (Å²) in [5.74, 6) is 0.565. The molecule has 0 aliphatic heterocycles. The molecule has 5 heteroatoms. The van der Waals surface area contributed by atoms with Gasteiger partial charge in [-0.15, -0.1) is 11.3 Å². The average molecular weight is 262 g/mol. The van der Waals surface area contributed by atoms with Crippen LogP contribution in [0.1, 0.15) is 17.8 Å². The quantitative estimate of drug-likeness (QED) is 0.920. The summed E-state index contributed by atoms with van der Waals surface area (Å²) in [7, 11) is 0. The molecular weight excluding hydrogens is 248 g/mol. The van der Waals surface area contributed by atoms with E-state index in [4.69, 9.17) is 0 Å². The molecule has 1 amide bonds. The molecule has 1 N–H and O–H groups in total. The summed E-state index contributed by atoms with van der Waals surface area (Å²) in [5.41, 5.74) is 0.953. The van der Waals surface area contributed by atoms with Crippen LogP contribution in [-0.2, 0) is 6.54 Å². The Morgan fingerprint density at radius 2 is 2.22 bits per heavy atom. The highest BCUT2D eigenvalue weighted by molar-refractivity contribution is 7.18. The van der Waals surface area contributed by atoms with Gasteiger partial charge >= 0.3 is 6.09 Å². The van der Waals surface area contributed by atoms with Crippen molar-refractivity contribution >= 4 is 27.6 Å². The molecule has 0 radical (unpaired) electrons. The van der Waals surface area contributed by atoms with E-state index in [1.165, 1.54) is 4.90 Å². The van der Waals surface area contributed by atoms with Crippen molar-refractivity contribution in [3.8, 4) is 0 Å². The highest BCUT2D eigenvalue weighted by Crippen LogP contribution is 2.31. The molecule has 1 aromatic carbocycles. The lowest BCUT2D eigenvalue weighted by atomic mass is 10.3. The number of aromatic nitrogens is 1. The van der Waals surface area contributed by atoms with Gasteiger partial charge in [-0.2, -0.15) is 0 Å². The summed E-state index contributed by atoms with van der Waals surface area (Å²) < 4.78 is 1.12. The van der Waals surface area contributed by atoms with Crippen LogP contribution in [-0.4, -0.2) is 27.6 Å². The van der Waals surface area contributed by atoms with Gasteiger partial charge in [0.25, 0.3) is 0 Å². The van der Waals surface area contributed by atoms with Gasteiger partial charge in [0.2, 0.25) is 0 Å². The van der Waals surface area contributed by atoms with Crippen LogP contribution in [0.3, 0.4) is 0 Å². The van der Waals surface area contributed by atoms with Crippen LogP contribution in [0.2, 0.25) is 0 Å². The Labute approximate surface area is 109 Å². The molecule has 0 spiro atoms. The smallest absolute Gasteiger partial charge is 0.407 e. The molecule has 0 bridgehead atoms. The molecule has 0 saturated heterocycles. The van der Waals surface area contributed by atoms with E-state index >= 15 is 0 Å². The molecule has 0 atom stereocenters. The third-order valence-corrected chi connectivity index (χ3v) is 4.13. The zero-order valence-electron chi connectivity index (χ0n) is 9.87. The number of thiazole rings is 1. The minimum absolute atomic E-state index is 0.408. The fourth-order valence-electron chi connectivity index (χ4n) is 1.97. The Kier molecular flexibility index (Phi) is 2.91. The number of hydrogen-bond donors (Lipinski definition) is 1. The highest BCUT2D eigenvalue weighted by atomic mass is 32.1. The normalized spacial score (nSPS) is 14.9. The number of fused-ring (bicyclic) bond motifs is 1. The number of nitrogens with zero attached hydrogens (tertiary/aromatic N) is 2. The topological polar surface area (TPSA) is 53.4 Å². The molecule has 3 rings (SSSR count). The lowest BCUT2D eigenvalue weighted by Crippen LogP contribution is -2.30. The number of para-hydroxylation sites is 1. The summed E-state index contributed by atoms with van der Waals surface area (Å²) in [6.07, 6.45) is 1.47. The first kappa shape index (κ1) is 11.5. The minimum atomic E-state index is -0.846. The van der Waals surface area contributed by atoms with Crippen molar-refractivity contribution in [1.29, 1.82) is 0 Å². The van der Waals surface area contributed by atoms with Crippen molar-refractivity contribution in [3.05, 3.63) is 29.3 Å². The zero-order chi connectivity index (χ0) is 12.5. The molecule has 2 aromatic rings. The Hall–Kier alpha value is -1.62. The number of amides is 1. The molecule has 1 aromatic heterocycles. The number of carboxylic acid groups (broad SMARTS) is 1. The van der Waals surface area contributed by atoms with Crippen LogP contribution in [0.25, 0.3) is 10.2 Å². The van der Waals surface area contributed by atoms with Gasteiger partial charge in [-0.25, -0.2) is 9.78 Å². The third-order valence-electron chi connectivity index (χ3n) is 3.11. The molecule has 1 aliphatic carbocycles. The van der Waals surface area contributed by atoms with E-state index < -0.39 is 6.09 Å². The predicted molar refractivity (Wildman–Crippen MR) is 70.8 cm³/mol. The predicted octanol–water partition coefficient (Wildman–Crippen LogP) is 3.19. The van der Waals surface area contributed by atoms with Crippen LogP contribution in [0.15, 0.2) is 24.3 Å². The monoisotopic (exact) mass is 262 g/mol. The highest BCUT2D eigenvalue weighted by Gasteiger charge is 2.27. The first-order chi connectivity index (χ1) is 8.72. The minimum Gasteiger partial charge on any atom is -0.465 e. The Balaban J connectivity index is 1.78. The second kappa shape index (κ2) is 4.57. The molecule has 1 aliphatic rings. The van der Waals surface area contributed by atoms with E-state index in [1.807, 2.05) is 24.3 Å². The lowest BCUT2D eigenvalue weighted by Gasteiger charge is -2.17. The standard InChI is InChI=1S/C13H14N2O2S/c16-13(17)15(7-9-5-6-9)8-12-14-10-3-1-2-4-11(10)18-12/h1-4,9H,5-8H2,(H,16,17). The zero-order valence-corrected chi connectivity index (χ0v) is 10.7. The van der Waals surface area contributed by atoms with Crippen molar-refractivity contribution in [2.24, 2.45) is 5.92 Å². The number of rotatable bonds is 4. The van der Waals surface area contributed by atoms with Crippen molar-refractivity contribution in [2.75, 3.05) is 6.54 Å². The summed E-state index contributed by atoms with van der Waals surface area (Å²) in [4.78, 5) is 17.1. The van der Waals surface area contributed by atoms with E-state index in [0.717, 1.165) is 28.1 Å². The van der Waals surface area contributed by atoms with Crippen molar-refractivity contribution < 1.29 is 9.90 Å². The van der Waals surface area contributed by atoms with Crippen molar-refractivity contribution in [2.45, 2.75) is 19.4 Å². The summed E-state index contributed by atoms with van der Waals surface area (Å²) in [6.45, 7) is 1.05. The molecule has 1 heterocycles. The molecular formula is C13H14N2O2S. The van der Waals surface area contributed by atoms with Crippen LogP contribution in [0.4, 0.5) is 4.79 Å². The van der Waals surface area contributed by atoms with Crippen LogP contribution >= 0.6 is 11.3 Å². The third kappa shape index (κ3) is 2.46. The lowest BCUT2D eigenvalue weighted by molar-refractivity contribution is 0.140. The molecule has 1 saturated carbocycles. The van der Waals surface area contributed by atoms with Crippen LogP contribution in [0.5, 0.6) is 0 Å². The molecule has 1 fully saturated rings. The van der Waals surface area contributed by atoms with Gasteiger partial charge in [0.15, 0.2) is 0 Å². The summed E-state index contributed by atoms with van der Waals surface area (Å²) >= 11 is 1.57. The first-order valence-electron chi connectivity index (χ1n) is 6.04. The van der Waals surface area contributed by atoms with Gasteiger partial charge in [-0.3, -0.25) is 0 Å². The number of hydrogen-bond acceptors (Lipinski definition) is 3.